The van der Waals surface area contributed by atoms with Crippen LogP contribution in [0.2, 0.25) is 0 Å². The fraction of sp³-hybridized carbons (Fsp3) is 0.647. The molecule has 3 rings (SSSR count). The molecule has 2 N–H and O–H groups in total. The number of nitrogens with one attached hydrogen (secondary N) is 1. The highest BCUT2D eigenvalue weighted by Gasteiger charge is 2.50. The first kappa shape index (κ1) is 17.3. The van der Waals surface area contributed by atoms with Gasteiger partial charge in [0, 0.05) is 31.9 Å². The molecule has 1 aromatic rings. The number of rotatable bonds is 6. The molecule has 1 aromatic heterocycles. The van der Waals surface area contributed by atoms with Crippen molar-refractivity contribution in [2.24, 2.45) is 0 Å². The van der Waals surface area contributed by atoms with Crippen LogP contribution < -0.4 is 5.32 Å². The van der Waals surface area contributed by atoms with Gasteiger partial charge in [-0.25, -0.2) is 0 Å². The van der Waals surface area contributed by atoms with Gasteiger partial charge < -0.3 is 24.8 Å². The van der Waals surface area contributed by atoms with Crippen molar-refractivity contribution in [3.05, 3.63) is 30.1 Å². The van der Waals surface area contributed by atoms with Crippen LogP contribution in [0.5, 0.6) is 0 Å². The number of nitrogens with zero attached hydrogens (tertiary/aromatic N) is 2. The Hall–Kier alpha value is -1.54. The van der Waals surface area contributed by atoms with E-state index in [4.69, 9.17) is 9.47 Å². The van der Waals surface area contributed by atoms with Gasteiger partial charge >= 0.3 is 0 Å². The molecule has 7 heteroatoms. The third-order valence-electron chi connectivity index (χ3n) is 4.45. The fourth-order valence-corrected chi connectivity index (χ4v) is 3.33. The first-order valence-corrected chi connectivity index (χ1v) is 8.32. The Balaban J connectivity index is 1.43. The fourth-order valence-electron chi connectivity index (χ4n) is 3.33. The number of likely N-dealkylation sites (N-methyl/N-ethyl adjacent to an activating group) is 1. The number of aliphatic hydroxyl groups excluding tert-OH is 1. The first-order chi connectivity index (χ1) is 11.5. The molecule has 0 spiro atoms. The van der Waals surface area contributed by atoms with Crippen LogP contribution in [0, 0.1) is 0 Å². The zero-order valence-corrected chi connectivity index (χ0v) is 14.1. The van der Waals surface area contributed by atoms with Crippen LogP contribution in [0.15, 0.2) is 24.5 Å². The van der Waals surface area contributed by atoms with Gasteiger partial charge in [0.05, 0.1) is 24.7 Å². The Morgan fingerprint density at radius 3 is 2.96 bits per heavy atom. The van der Waals surface area contributed by atoms with Crippen LogP contribution >= 0.6 is 0 Å². The number of aliphatic hydroxyl groups is 1. The number of aromatic nitrogens is 1. The number of pyridine rings is 1. The molecule has 5 unspecified atom stereocenters. The van der Waals surface area contributed by atoms with Gasteiger partial charge in [0.1, 0.15) is 12.2 Å². The molecule has 0 radical (unpaired) electrons. The monoisotopic (exact) mass is 335 g/mol. The summed E-state index contributed by atoms with van der Waals surface area (Å²) >= 11 is 0. The van der Waals surface area contributed by atoms with Crippen LogP contribution in [-0.4, -0.2) is 72.1 Å². The van der Waals surface area contributed by atoms with Gasteiger partial charge in [-0.2, -0.15) is 0 Å². The zero-order chi connectivity index (χ0) is 17.1. The summed E-state index contributed by atoms with van der Waals surface area (Å²) in [6.07, 6.45) is 2.83. The second kappa shape index (κ2) is 7.57. The predicted molar refractivity (Wildman–Crippen MR) is 87.2 cm³/mol. The molecule has 24 heavy (non-hydrogen) atoms. The van der Waals surface area contributed by atoms with Gasteiger partial charge in [0.15, 0.2) is 0 Å². The van der Waals surface area contributed by atoms with E-state index in [9.17, 15) is 9.90 Å². The van der Waals surface area contributed by atoms with Crippen molar-refractivity contribution in [3.8, 4) is 0 Å². The molecule has 7 nitrogen and oxygen atoms in total. The lowest BCUT2D eigenvalue weighted by atomic mass is 10.1. The van der Waals surface area contributed by atoms with E-state index in [2.05, 4.69) is 10.3 Å². The van der Waals surface area contributed by atoms with Crippen LogP contribution in [0.25, 0.3) is 0 Å². The second-order valence-corrected chi connectivity index (χ2v) is 6.77. The summed E-state index contributed by atoms with van der Waals surface area (Å²) in [6.45, 7) is 1.12. The standard InChI is InChI=1S/C17H25N3O4/c1-20(2)10-14-16(22)17-13(24-14)6-12(23-17)7-15(21)19-9-11-4-3-5-18-8-11/h3-5,8,12-14,16-17,22H,6-7,9-10H2,1-2H3,(H,19,21). The normalized spacial score (nSPS) is 32.1. The Bertz CT molecular complexity index is 554. The molecule has 3 heterocycles. The first-order valence-electron chi connectivity index (χ1n) is 8.32. The molecule has 132 valence electrons. The van der Waals surface area contributed by atoms with E-state index in [-0.39, 0.29) is 36.7 Å². The molecule has 5 atom stereocenters. The molecule has 0 saturated carbocycles. The summed E-state index contributed by atoms with van der Waals surface area (Å²) < 4.78 is 11.8. The highest BCUT2D eigenvalue weighted by atomic mass is 16.6. The van der Waals surface area contributed by atoms with E-state index in [1.807, 2.05) is 31.1 Å². The van der Waals surface area contributed by atoms with E-state index < -0.39 is 6.10 Å². The van der Waals surface area contributed by atoms with Gasteiger partial charge in [-0.1, -0.05) is 6.07 Å². The quantitative estimate of drug-likeness (QED) is 0.757. The Labute approximate surface area is 142 Å². The van der Waals surface area contributed by atoms with E-state index in [0.29, 0.717) is 19.5 Å². The van der Waals surface area contributed by atoms with E-state index >= 15 is 0 Å². The number of carbonyl (C=O) groups excluding carboxylic acids is 1. The predicted octanol–water partition coefficient (Wildman–Crippen LogP) is -0.0647. The number of amides is 1. The minimum Gasteiger partial charge on any atom is -0.388 e. The van der Waals surface area contributed by atoms with Crippen molar-refractivity contribution in [1.29, 1.82) is 0 Å². The molecule has 2 saturated heterocycles. The Morgan fingerprint density at radius 2 is 2.29 bits per heavy atom. The van der Waals surface area contributed by atoms with Crippen LogP contribution in [-0.2, 0) is 20.8 Å². The van der Waals surface area contributed by atoms with Gasteiger partial charge in [-0.05, 0) is 25.7 Å². The van der Waals surface area contributed by atoms with Gasteiger partial charge in [0.25, 0.3) is 0 Å². The van der Waals surface area contributed by atoms with Crippen molar-refractivity contribution < 1.29 is 19.4 Å². The smallest absolute Gasteiger partial charge is 0.222 e. The maximum absolute atomic E-state index is 12.1. The second-order valence-electron chi connectivity index (χ2n) is 6.77. The maximum Gasteiger partial charge on any atom is 0.222 e. The molecule has 2 fully saturated rings. The molecular formula is C17H25N3O4. The summed E-state index contributed by atoms with van der Waals surface area (Å²) in [5.74, 6) is -0.0665. The van der Waals surface area contributed by atoms with Crippen molar-refractivity contribution in [1.82, 2.24) is 15.2 Å². The molecular weight excluding hydrogens is 310 g/mol. The summed E-state index contributed by atoms with van der Waals surface area (Å²) in [5, 5.41) is 13.2. The number of ether oxygens (including phenoxy) is 2. The van der Waals surface area contributed by atoms with E-state index in [1.54, 1.807) is 12.4 Å². The molecule has 2 aliphatic heterocycles. The van der Waals surface area contributed by atoms with Crippen LogP contribution in [0.3, 0.4) is 0 Å². The maximum atomic E-state index is 12.1. The third kappa shape index (κ3) is 4.10. The topological polar surface area (TPSA) is 83.9 Å². The molecule has 0 aliphatic carbocycles. The summed E-state index contributed by atoms with van der Waals surface area (Å²) in [5.41, 5.74) is 0.959. The van der Waals surface area contributed by atoms with Crippen molar-refractivity contribution in [2.75, 3.05) is 20.6 Å². The highest BCUT2D eigenvalue weighted by Crippen LogP contribution is 2.35. The van der Waals surface area contributed by atoms with E-state index in [1.165, 1.54) is 0 Å². The lowest BCUT2D eigenvalue weighted by Gasteiger charge is -2.22. The minimum absolute atomic E-state index is 0.0665. The summed E-state index contributed by atoms with van der Waals surface area (Å²) in [7, 11) is 3.89. The average molecular weight is 335 g/mol. The van der Waals surface area contributed by atoms with Gasteiger partial charge in [0.2, 0.25) is 5.91 Å². The number of carbonyl (C=O) groups is 1. The van der Waals surface area contributed by atoms with Gasteiger partial charge in [-0.3, -0.25) is 9.78 Å². The largest absolute Gasteiger partial charge is 0.388 e. The number of hydrogen-bond acceptors (Lipinski definition) is 6. The van der Waals surface area contributed by atoms with Crippen LogP contribution in [0.1, 0.15) is 18.4 Å². The lowest BCUT2D eigenvalue weighted by Crippen LogP contribution is -2.38. The summed E-state index contributed by atoms with van der Waals surface area (Å²) in [6, 6.07) is 3.75. The molecule has 2 aliphatic rings. The minimum atomic E-state index is -0.638. The SMILES string of the molecule is CN(C)CC1OC2CC(CC(=O)NCc3cccnc3)OC2C1O. The lowest BCUT2D eigenvalue weighted by molar-refractivity contribution is -0.125. The molecule has 0 bridgehead atoms. The van der Waals surface area contributed by atoms with E-state index in [0.717, 1.165) is 5.56 Å². The van der Waals surface area contributed by atoms with Crippen LogP contribution in [0.4, 0.5) is 0 Å². The molecule has 1 amide bonds. The number of hydrogen-bond donors (Lipinski definition) is 2. The van der Waals surface area contributed by atoms with Crippen molar-refractivity contribution >= 4 is 5.91 Å². The average Bonchev–Trinajstić information content (AvgIpc) is 3.05. The third-order valence-corrected chi connectivity index (χ3v) is 4.45. The van der Waals surface area contributed by atoms with Crippen molar-refractivity contribution in [2.45, 2.75) is 49.9 Å². The van der Waals surface area contributed by atoms with Gasteiger partial charge in [-0.15, -0.1) is 0 Å². The van der Waals surface area contributed by atoms with Crippen molar-refractivity contribution in [3.63, 3.8) is 0 Å². The summed E-state index contributed by atoms with van der Waals surface area (Å²) in [4.78, 5) is 18.1. The Kier molecular flexibility index (Phi) is 5.45. The number of fused-ring (bicyclic) bond motifs is 1. The molecule has 0 aromatic carbocycles. The highest BCUT2D eigenvalue weighted by molar-refractivity contribution is 5.76. The Morgan fingerprint density at radius 1 is 1.46 bits per heavy atom. The zero-order valence-electron chi connectivity index (χ0n) is 14.1.